The lowest BCUT2D eigenvalue weighted by atomic mass is 9.80. The Kier molecular flexibility index (Phi) is 6.89. The third kappa shape index (κ3) is 5.26. The van der Waals surface area contributed by atoms with E-state index in [0.29, 0.717) is 17.4 Å². The summed E-state index contributed by atoms with van der Waals surface area (Å²) in [6.45, 7) is 4.40. The minimum atomic E-state index is -0.00688. The number of rotatable bonds is 5. The molecule has 4 unspecified atom stereocenters. The first-order valence-electron chi connectivity index (χ1n) is 13.2. The number of aromatic nitrogens is 2. The van der Waals surface area contributed by atoms with Crippen LogP contribution in [0.3, 0.4) is 0 Å². The van der Waals surface area contributed by atoms with Gasteiger partial charge >= 0.3 is 0 Å². The van der Waals surface area contributed by atoms with Crippen LogP contribution in [0.5, 0.6) is 0 Å². The average Bonchev–Trinajstić information content (AvgIpc) is 3.29. The molecule has 6 nitrogen and oxygen atoms in total. The highest BCUT2D eigenvalue weighted by molar-refractivity contribution is 5.96. The van der Waals surface area contributed by atoms with Gasteiger partial charge < -0.3 is 15.6 Å². The van der Waals surface area contributed by atoms with E-state index in [1.54, 1.807) is 0 Å². The van der Waals surface area contributed by atoms with Gasteiger partial charge in [-0.3, -0.25) is 9.59 Å². The molecule has 6 heteroatoms. The number of hydrogen-bond acceptors (Lipinski definition) is 3. The molecule has 1 heterocycles. The molecule has 0 spiro atoms. The number of fused-ring (bicyclic) bond motifs is 1. The van der Waals surface area contributed by atoms with Crippen LogP contribution in [0.4, 0.5) is 5.69 Å². The predicted molar refractivity (Wildman–Crippen MR) is 140 cm³/mol. The second-order valence-corrected chi connectivity index (χ2v) is 10.6. The lowest BCUT2D eigenvalue weighted by Gasteiger charge is -2.29. The van der Waals surface area contributed by atoms with Crippen LogP contribution in [0.15, 0.2) is 42.5 Å². The van der Waals surface area contributed by atoms with Crippen molar-refractivity contribution in [2.75, 3.05) is 5.32 Å². The zero-order valence-corrected chi connectivity index (χ0v) is 20.8. The van der Waals surface area contributed by atoms with Crippen LogP contribution in [-0.4, -0.2) is 27.8 Å². The molecule has 2 aliphatic carbocycles. The number of hydrogen-bond donors (Lipinski definition) is 3. The SMILES string of the molecule is CC1CCCCC1NC(=O)c1ccc(-c2nc3ccc(NC(=O)C4CCCCC4C)cc3[nH]2)cc1. The molecule has 0 radical (unpaired) electrons. The van der Waals surface area contributed by atoms with E-state index in [2.05, 4.69) is 29.5 Å². The first kappa shape index (κ1) is 23.6. The van der Waals surface area contributed by atoms with Crippen LogP contribution in [0.25, 0.3) is 22.4 Å². The number of imidazole rings is 1. The second-order valence-electron chi connectivity index (χ2n) is 10.6. The van der Waals surface area contributed by atoms with Gasteiger partial charge in [0, 0.05) is 28.8 Å². The van der Waals surface area contributed by atoms with Crippen LogP contribution < -0.4 is 10.6 Å². The Bertz CT molecular complexity index is 1200. The number of carbonyl (C=O) groups excluding carboxylic acids is 2. The molecule has 184 valence electrons. The van der Waals surface area contributed by atoms with Gasteiger partial charge in [-0.15, -0.1) is 0 Å². The van der Waals surface area contributed by atoms with Gasteiger partial charge in [0.25, 0.3) is 5.91 Å². The molecule has 2 amide bonds. The summed E-state index contributed by atoms with van der Waals surface area (Å²) >= 11 is 0. The Labute approximate surface area is 207 Å². The van der Waals surface area contributed by atoms with E-state index in [1.165, 1.54) is 25.7 Å². The fraction of sp³-hybridized carbons (Fsp3) is 0.483. The molecule has 3 aromatic rings. The van der Waals surface area contributed by atoms with Crippen molar-refractivity contribution in [3.8, 4) is 11.4 Å². The lowest BCUT2D eigenvalue weighted by molar-refractivity contribution is -0.122. The van der Waals surface area contributed by atoms with Gasteiger partial charge in [-0.25, -0.2) is 4.98 Å². The molecule has 2 saturated carbocycles. The maximum absolute atomic E-state index is 12.8. The first-order chi connectivity index (χ1) is 17.0. The van der Waals surface area contributed by atoms with E-state index in [4.69, 9.17) is 4.98 Å². The van der Waals surface area contributed by atoms with Crippen molar-refractivity contribution < 1.29 is 9.59 Å². The number of aromatic amines is 1. The summed E-state index contributed by atoms with van der Waals surface area (Å²) in [5.74, 6) is 1.91. The minimum Gasteiger partial charge on any atom is -0.349 e. The standard InChI is InChI=1S/C29H36N4O2/c1-18-7-3-5-9-23(18)29(35)30-22-15-16-25-26(17-22)32-27(31-25)20-11-13-21(14-12-20)28(34)33-24-10-6-4-8-19(24)2/h11-19,23-24H,3-10H2,1-2H3,(H,30,35)(H,31,32)(H,33,34). The van der Waals surface area contributed by atoms with Gasteiger partial charge in [0.1, 0.15) is 5.82 Å². The topological polar surface area (TPSA) is 86.9 Å². The number of H-pyrrole nitrogens is 1. The highest BCUT2D eigenvalue weighted by Gasteiger charge is 2.28. The van der Waals surface area contributed by atoms with Gasteiger partial charge in [0.2, 0.25) is 5.91 Å². The third-order valence-electron chi connectivity index (χ3n) is 8.05. The molecule has 4 atom stereocenters. The van der Waals surface area contributed by atoms with Crippen LogP contribution in [0.2, 0.25) is 0 Å². The van der Waals surface area contributed by atoms with E-state index in [1.807, 2.05) is 42.5 Å². The van der Waals surface area contributed by atoms with Crippen molar-refractivity contribution in [1.82, 2.24) is 15.3 Å². The molecule has 1 aromatic heterocycles. The van der Waals surface area contributed by atoms with Crippen molar-refractivity contribution in [2.45, 2.75) is 71.3 Å². The van der Waals surface area contributed by atoms with Crippen LogP contribution in [0, 0.1) is 17.8 Å². The number of benzene rings is 2. The summed E-state index contributed by atoms with van der Waals surface area (Å²) in [6.07, 6.45) is 9.13. The number of amides is 2. The van der Waals surface area contributed by atoms with Crippen molar-refractivity contribution >= 4 is 28.5 Å². The largest absolute Gasteiger partial charge is 0.349 e. The van der Waals surface area contributed by atoms with E-state index in [-0.39, 0.29) is 23.8 Å². The van der Waals surface area contributed by atoms with Crippen LogP contribution in [0.1, 0.15) is 75.6 Å². The number of carbonyl (C=O) groups is 2. The molecule has 0 saturated heterocycles. The summed E-state index contributed by atoms with van der Waals surface area (Å²) in [6, 6.07) is 13.7. The highest BCUT2D eigenvalue weighted by atomic mass is 16.2. The third-order valence-corrected chi connectivity index (χ3v) is 8.05. The summed E-state index contributed by atoms with van der Waals surface area (Å²) in [5.41, 5.74) is 4.11. The normalized spacial score (nSPS) is 24.7. The molecule has 2 aromatic carbocycles. The Hall–Kier alpha value is -3.15. The quantitative estimate of drug-likeness (QED) is 0.407. The van der Waals surface area contributed by atoms with E-state index >= 15 is 0 Å². The maximum Gasteiger partial charge on any atom is 0.251 e. The van der Waals surface area contributed by atoms with E-state index < -0.39 is 0 Å². The Balaban J connectivity index is 1.26. The molecular weight excluding hydrogens is 436 g/mol. The summed E-state index contributed by atoms with van der Waals surface area (Å²) in [4.78, 5) is 33.6. The van der Waals surface area contributed by atoms with Gasteiger partial charge in [-0.1, -0.05) is 51.7 Å². The number of nitrogens with one attached hydrogen (secondary N) is 3. The highest BCUT2D eigenvalue weighted by Crippen LogP contribution is 2.31. The maximum atomic E-state index is 12.8. The van der Waals surface area contributed by atoms with Crippen LogP contribution in [-0.2, 0) is 4.79 Å². The van der Waals surface area contributed by atoms with E-state index in [0.717, 1.165) is 53.8 Å². The monoisotopic (exact) mass is 472 g/mol. The number of anilines is 1. The summed E-state index contributed by atoms with van der Waals surface area (Å²) in [7, 11) is 0. The molecule has 2 aliphatic rings. The van der Waals surface area contributed by atoms with Gasteiger partial charge in [-0.2, -0.15) is 0 Å². The number of nitrogens with zero attached hydrogens (tertiary/aromatic N) is 1. The Morgan fingerprint density at radius 2 is 1.60 bits per heavy atom. The van der Waals surface area contributed by atoms with Crippen molar-refractivity contribution in [3.05, 3.63) is 48.0 Å². The molecule has 35 heavy (non-hydrogen) atoms. The van der Waals surface area contributed by atoms with Gasteiger partial charge in [0.05, 0.1) is 11.0 Å². The van der Waals surface area contributed by atoms with Gasteiger partial charge in [0.15, 0.2) is 0 Å². The minimum absolute atomic E-state index is 0.00688. The molecule has 0 aliphatic heterocycles. The van der Waals surface area contributed by atoms with Crippen LogP contribution >= 0.6 is 0 Å². The Morgan fingerprint density at radius 1 is 0.886 bits per heavy atom. The predicted octanol–water partition coefficient (Wildman–Crippen LogP) is 6.30. The smallest absolute Gasteiger partial charge is 0.251 e. The molecule has 3 N–H and O–H groups in total. The summed E-state index contributed by atoms with van der Waals surface area (Å²) in [5, 5.41) is 6.33. The molecule has 5 rings (SSSR count). The zero-order chi connectivity index (χ0) is 24.4. The van der Waals surface area contributed by atoms with Crippen molar-refractivity contribution in [1.29, 1.82) is 0 Å². The zero-order valence-electron chi connectivity index (χ0n) is 20.8. The molecule has 2 fully saturated rings. The summed E-state index contributed by atoms with van der Waals surface area (Å²) < 4.78 is 0. The fourth-order valence-corrected chi connectivity index (χ4v) is 5.73. The lowest BCUT2D eigenvalue weighted by Crippen LogP contribution is -2.41. The fourth-order valence-electron chi connectivity index (χ4n) is 5.73. The second kappa shape index (κ2) is 10.2. The van der Waals surface area contributed by atoms with Crippen molar-refractivity contribution in [2.24, 2.45) is 17.8 Å². The Morgan fingerprint density at radius 3 is 2.34 bits per heavy atom. The van der Waals surface area contributed by atoms with Gasteiger partial charge in [-0.05, 0) is 67.9 Å². The van der Waals surface area contributed by atoms with E-state index in [9.17, 15) is 9.59 Å². The van der Waals surface area contributed by atoms with Crippen molar-refractivity contribution in [3.63, 3.8) is 0 Å². The first-order valence-corrected chi connectivity index (χ1v) is 13.2. The molecular formula is C29H36N4O2. The average molecular weight is 473 g/mol. The molecule has 0 bridgehead atoms.